The van der Waals surface area contributed by atoms with Gasteiger partial charge in [0.2, 0.25) is 5.91 Å². The predicted molar refractivity (Wildman–Crippen MR) is 70.1 cm³/mol. The molecular formula is C13H18N2O5. The van der Waals surface area contributed by atoms with Crippen LogP contribution in [0.3, 0.4) is 0 Å². The van der Waals surface area contributed by atoms with Gasteiger partial charge in [0.05, 0.1) is 6.26 Å². The molecule has 1 rings (SSSR count). The zero-order valence-corrected chi connectivity index (χ0v) is 11.1. The largest absolute Gasteiger partial charge is 0.481 e. The second-order valence-electron chi connectivity index (χ2n) is 4.23. The number of aliphatic carboxylic acids is 1. The maximum absolute atomic E-state index is 11.4. The van der Waals surface area contributed by atoms with E-state index in [2.05, 4.69) is 10.6 Å². The molecule has 0 spiro atoms. The van der Waals surface area contributed by atoms with Crippen LogP contribution in [0.2, 0.25) is 0 Å². The van der Waals surface area contributed by atoms with Crippen molar-refractivity contribution in [2.24, 2.45) is 0 Å². The molecule has 0 bridgehead atoms. The summed E-state index contributed by atoms with van der Waals surface area (Å²) >= 11 is 0. The lowest BCUT2D eigenvalue weighted by Gasteiger charge is -2.05. The summed E-state index contributed by atoms with van der Waals surface area (Å²) in [6.45, 7) is 0.367. The lowest BCUT2D eigenvalue weighted by Crippen LogP contribution is -2.40. The second kappa shape index (κ2) is 8.73. The summed E-state index contributed by atoms with van der Waals surface area (Å²) in [6, 6.07) is 3.00. The third-order valence-corrected chi connectivity index (χ3v) is 2.53. The summed E-state index contributed by atoms with van der Waals surface area (Å²) < 4.78 is 5.09. The fourth-order valence-corrected chi connectivity index (χ4v) is 1.55. The average molecular weight is 282 g/mol. The van der Waals surface area contributed by atoms with E-state index >= 15 is 0 Å². The van der Waals surface area contributed by atoms with E-state index in [-0.39, 0.29) is 12.8 Å². The molecule has 0 saturated carbocycles. The second-order valence-corrected chi connectivity index (χ2v) is 4.23. The van der Waals surface area contributed by atoms with E-state index in [1.807, 2.05) is 0 Å². The molecule has 1 aromatic heterocycles. The molecular weight excluding hydrogens is 264 g/mol. The van der Waals surface area contributed by atoms with Crippen LogP contribution in [-0.4, -0.2) is 29.6 Å². The van der Waals surface area contributed by atoms with Gasteiger partial charge in [-0.15, -0.1) is 0 Å². The summed E-state index contributed by atoms with van der Waals surface area (Å²) in [5.41, 5.74) is 0. The van der Waals surface area contributed by atoms with E-state index in [0.717, 1.165) is 5.76 Å². The van der Waals surface area contributed by atoms with Gasteiger partial charge in [-0.2, -0.15) is 0 Å². The predicted octanol–water partition coefficient (Wildman–Crippen LogP) is 1.29. The summed E-state index contributed by atoms with van der Waals surface area (Å²) in [6.07, 6.45) is 3.13. The number of carboxylic acid groups (broad SMARTS) is 1. The van der Waals surface area contributed by atoms with E-state index in [9.17, 15) is 14.4 Å². The van der Waals surface area contributed by atoms with Crippen molar-refractivity contribution >= 4 is 17.9 Å². The normalized spacial score (nSPS) is 10.0. The van der Waals surface area contributed by atoms with Crippen LogP contribution in [0.15, 0.2) is 22.8 Å². The van der Waals surface area contributed by atoms with Gasteiger partial charge in [0.1, 0.15) is 5.76 Å². The summed E-state index contributed by atoms with van der Waals surface area (Å²) in [7, 11) is 0. The van der Waals surface area contributed by atoms with Crippen molar-refractivity contribution in [3.8, 4) is 0 Å². The molecule has 0 aliphatic carbocycles. The van der Waals surface area contributed by atoms with Crippen molar-refractivity contribution in [3.05, 3.63) is 24.2 Å². The molecule has 0 fully saturated rings. The minimum Gasteiger partial charge on any atom is -0.481 e. The highest BCUT2D eigenvalue weighted by Gasteiger charge is 2.07. The number of urea groups is 1. The first-order chi connectivity index (χ1) is 9.58. The van der Waals surface area contributed by atoms with Gasteiger partial charge in [0.15, 0.2) is 0 Å². The quantitative estimate of drug-likeness (QED) is 0.622. The van der Waals surface area contributed by atoms with Gasteiger partial charge in [0, 0.05) is 25.8 Å². The maximum Gasteiger partial charge on any atom is 0.321 e. The molecule has 20 heavy (non-hydrogen) atoms. The molecule has 7 heteroatoms. The van der Waals surface area contributed by atoms with Crippen LogP contribution in [0, 0.1) is 0 Å². The number of unbranched alkanes of at least 4 members (excludes halogenated alkanes) is 1. The Labute approximate surface area is 116 Å². The van der Waals surface area contributed by atoms with Gasteiger partial charge >= 0.3 is 12.0 Å². The number of carboxylic acids is 1. The third-order valence-electron chi connectivity index (χ3n) is 2.53. The molecule has 3 amide bonds. The monoisotopic (exact) mass is 282 g/mol. The Bertz CT molecular complexity index is 442. The number of carbonyl (C=O) groups is 3. The minimum absolute atomic E-state index is 0.0304. The van der Waals surface area contributed by atoms with Crippen LogP contribution in [0.4, 0.5) is 4.79 Å². The third kappa shape index (κ3) is 7.20. The SMILES string of the molecule is O=C(O)CCCCC(=O)NC(=O)NCCc1ccco1. The topological polar surface area (TPSA) is 109 Å². The standard InChI is InChI=1S/C13H18N2O5/c16-11(5-1-2-6-12(17)18)15-13(19)14-8-7-10-4-3-9-20-10/h3-4,9H,1-2,5-8H2,(H,17,18)(H2,14,15,16,19). The van der Waals surface area contributed by atoms with Crippen LogP contribution in [0.1, 0.15) is 31.4 Å². The number of furan rings is 1. The smallest absolute Gasteiger partial charge is 0.321 e. The lowest BCUT2D eigenvalue weighted by molar-refractivity contribution is -0.137. The first kappa shape index (κ1) is 15.7. The Balaban J connectivity index is 2.05. The van der Waals surface area contributed by atoms with Crippen molar-refractivity contribution in [1.29, 1.82) is 0 Å². The van der Waals surface area contributed by atoms with Gasteiger partial charge in [-0.1, -0.05) is 0 Å². The number of hydrogen-bond acceptors (Lipinski definition) is 4. The molecule has 0 radical (unpaired) electrons. The Kier molecular flexibility index (Phi) is 6.88. The molecule has 0 unspecified atom stereocenters. The fourth-order valence-electron chi connectivity index (χ4n) is 1.55. The molecule has 1 heterocycles. The van der Waals surface area contributed by atoms with Gasteiger partial charge in [-0.25, -0.2) is 4.79 Å². The molecule has 7 nitrogen and oxygen atoms in total. The summed E-state index contributed by atoms with van der Waals surface area (Å²) in [4.78, 5) is 33.0. The number of imide groups is 1. The van der Waals surface area contributed by atoms with E-state index in [1.165, 1.54) is 0 Å². The van der Waals surface area contributed by atoms with Crippen molar-refractivity contribution in [3.63, 3.8) is 0 Å². The number of nitrogens with one attached hydrogen (secondary N) is 2. The van der Waals surface area contributed by atoms with Crippen LogP contribution in [-0.2, 0) is 16.0 Å². The van der Waals surface area contributed by atoms with E-state index in [4.69, 9.17) is 9.52 Å². The van der Waals surface area contributed by atoms with Crippen LogP contribution in [0.5, 0.6) is 0 Å². The number of carbonyl (C=O) groups excluding carboxylic acids is 2. The van der Waals surface area contributed by atoms with Crippen LogP contribution < -0.4 is 10.6 Å². The minimum atomic E-state index is -0.888. The highest BCUT2D eigenvalue weighted by molar-refractivity contribution is 5.94. The Morgan fingerprint density at radius 3 is 2.60 bits per heavy atom. The molecule has 110 valence electrons. The molecule has 0 aliphatic rings. The Morgan fingerprint density at radius 1 is 1.20 bits per heavy atom. The van der Waals surface area contributed by atoms with E-state index < -0.39 is 17.9 Å². The van der Waals surface area contributed by atoms with Crippen molar-refractivity contribution < 1.29 is 23.9 Å². The van der Waals surface area contributed by atoms with Crippen molar-refractivity contribution in [2.45, 2.75) is 32.1 Å². The van der Waals surface area contributed by atoms with Crippen LogP contribution in [0.25, 0.3) is 0 Å². The highest BCUT2D eigenvalue weighted by Crippen LogP contribution is 2.00. The zero-order valence-electron chi connectivity index (χ0n) is 11.1. The molecule has 0 saturated heterocycles. The lowest BCUT2D eigenvalue weighted by atomic mass is 10.2. The zero-order chi connectivity index (χ0) is 14.8. The number of rotatable bonds is 8. The van der Waals surface area contributed by atoms with Gasteiger partial charge in [-0.05, 0) is 25.0 Å². The molecule has 0 aliphatic heterocycles. The van der Waals surface area contributed by atoms with Gasteiger partial charge in [0.25, 0.3) is 0 Å². The first-order valence-electron chi connectivity index (χ1n) is 6.40. The molecule has 3 N–H and O–H groups in total. The van der Waals surface area contributed by atoms with E-state index in [0.29, 0.717) is 25.8 Å². The summed E-state index contributed by atoms with van der Waals surface area (Å²) in [5.74, 6) is -0.544. The number of amides is 3. The van der Waals surface area contributed by atoms with Gasteiger partial charge < -0.3 is 14.8 Å². The fraction of sp³-hybridized carbons (Fsp3) is 0.462. The van der Waals surface area contributed by atoms with E-state index in [1.54, 1.807) is 18.4 Å². The Morgan fingerprint density at radius 2 is 1.95 bits per heavy atom. The van der Waals surface area contributed by atoms with Crippen molar-refractivity contribution in [1.82, 2.24) is 10.6 Å². The summed E-state index contributed by atoms with van der Waals surface area (Å²) in [5, 5.41) is 13.1. The van der Waals surface area contributed by atoms with Crippen molar-refractivity contribution in [2.75, 3.05) is 6.54 Å². The number of hydrogen-bond donors (Lipinski definition) is 3. The first-order valence-corrected chi connectivity index (χ1v) is 6.40. The maximum atomic E-state index is 11.4. The molecule has 1 aromatic rings. The van der Waals surface area contributed by atoms with Gasteiger partial charge in [-0.3, -0.25) is 14.9 Å². The highest BCUT2D eigenvalue weighted by atomic mass is 16.4. The molecule has 0 aromatic carbocycles. The van der Waals surface area contributed by atoms with Crippen LogP contribution >= 0.6 is 0 Å². The Hall–Kier alpha value is -2.31. The molecule has 0 atom stereocenters. The average Bonchev–Trinajstić information content (AvgIpc) is 2.87.